The monoisotopic (exact) mass is 423 g/mol. The molecule has 0 bridgehead atoms. The number of pyridine rings is 2. The number of nitrogens with zero attached hydrogens (tertiary/aromatic N) is 4. The van der Waals surface area contributed by atoms with Crippen LogP contribution >= 0.6 is 0 Å². The molecule has 10 nitrogen and oxygen atoms in total. The first-order valence-corrected chi connectivity index (χ1v) is 8.09. The Kier molecular flexibility index (Phi) is 5.90. The Bertz CT molecular complexity index is 1050. The Hall–Kier alpha value is -4.03. The van der Waals surface area contributed by atoms with Gasteiger partial charge in [0.1, 0.15) is 12.3 Å². The molecule has 30 heavy (non-hydrogen) atoms. The number of anilines is 1. The summed E-state index contributed by atoms with van der Waals surface area (Å²) >= 11 is 0. The first-order chi connectivity index (χ1) is 14.3. The minimum Gasteiger partial charge on any atom is -0.465 e. The summed E-state index contributed by atoms with van der Waals surface area (Å²) in [5, 5.41) is 5.60. The van der Waals surface area contributed by atoms with Gasteiger partial charge in [0.05, 0.1) is 24.6 Å². The SMILES string of the molecule is COC(=O)c1cncc(COC(=O)Nc2ccc(-c3noc(C(F)(F)F)n3)nc2)c1. The van der Waals surface area contributed by atoms with E-state index >= 15 is 0 Å². The van der Waals surface area contributed by atoms with Crippen LogP contribution in [0.15, 0.2) is 41.3 Å². The lowest BCUT2D eigenvalue weighted by Gasteiger charge is -2.07. The Morgan fingerprint density at radius 3 is 2.63 bits per heavy atom. The topological polar surface area (TPSA) is 129 Å². The van der Waals surface area contributed by atoms with Crippen molar-refractivity contribution in [3.05, 3.63) is 53.8 Å². The van der Waals surface area contributed by atoms with E-state index < -0.39 is 24.1 Å². The van der Waals surface area contributed by atoms with Crippen LogP contribution in [0, 0.1) is 0 Å². The number of amides is 1. The Labute approximate surface area is 166 Å². The van der Waals surface area contributed by atoms with Gasteiger partial charge in [0.2, 0.25) is 5.82 Å². The third-order valence-corrected chi connectivity index (χ3v) is 3.49. The molecule has 0 saturated carbocycles. The maximum atomic E-state index is 12.5. The van der Waals surface area contributed by atoms with Crippen molar-refractivity contribution >= 4 is 17.7 Å². The summed E-state index contributed by atoms with van der Waals surface area (Å²) in [6, 6.07) is 4.12. The molecule has 0 aliphatic carbocycles. The summed E-state index contributed by atoms with van der Waals surface area (Å²) < 4.78 is 51.2. The number of halogens is 3. The summed E-state index contributed by atoms with van der Waals surface area (Å²) in [7, 11) is 1.23. The van der Waals surface area contributed by atoms with Crippen LogP contribution in [0.4, 0.5) is 23.7 Å². The van der Waals surface area contributed by atoms with Crippen molar-refractivity contribution in [2.45, 2.75) is 12.8 Å². The van der Waals surface area contributed by atoms with Gasteiger partial charge in [-0.05, 0) is 18.2 Å². The molecular weight excluding hydrogens is 411 g/mol. The number of carbonyl (C=O) groups excluding carboxylic acids is 2. The number of esters is 1. The van der Waals surface area contributed by atoms with Crippen LogP contribution < -0.4 is 5.32 Å². The zero-order chi connectivity index (χ0) is 21.7. The molecule has 1 amide bonds. The summed E-state index contributed by atoms with van der Waals surface area (Å²) in [6.45, 7) is -0.168. The van der Waals surface area contributed by atoms with Gasteiger partial charge in [-0.1, -0.05) is 5.16 Å². The lowest BCUT2D eigenvalue weighted by molar-refractivity contribution is -0.159. The number of methoxy groups -OCH3 is 1. The smallest absolute Gasteiger partial charge is 0.465 e. The molecule has 0 atom stereocenters. The number of alkyl halides is 3. The minimum atomic E-state index is -4.76. The lowest BCUT2D eigenvalue weighted by atomic mass is 10.2. The number of hydrogen-bond donors (Lipinski definition) is 1. The van der Waals surface area contributed by atoms with Gasteiger partial charge >= 0.3 is 24.1 Å². The number of hydrogen-bond acceptors (Lipinski definition) is 9. The zero-order valence-corrected chi connectivity index (χ0v) is 15.1. The fourth-order valence-electron chi connectivity index (χ4n) is 2.14. The number of rotatable bonds is 5. The fourth-order valence-corrected chi connectivity index (χ4v) is 2.14. The summed E-state index contributed by atoms with van der Waals surface area (Å²) in [5.41, 5.74) is 0.886. The lowest BCUT2D eigenvalue weighted by Crippen LogP contribution is -2.14. The maximum Gasteiger partial charge on any atom is 0.471 e. The summed E-state index contributed by atoms with van der Waals surface area (Å²) in [5.74, 6) is -2.42. The van der Waals surface area contributed by atoms with Gasteiger partial charge in [-0.25, -0.2) is 9.59 Å². The minimum absolute atomic E-state index is 0.0128. The molecule has 13 heteroatoms. The van der Waals surface area contributed by atoms with Crippen molar-refractivity contribution in [2.24, 2.45) is 0 Å². The van der Waals surface area contributed by atoms with E-state index in [2.05, 4.69) is 34.7 Å². The van der Waals surface area contributed by atoms with Gasteiger partial charge in [-0.3, -0.25) is 15.3 Å². The van der Waals surface area contributed by atoms with Gasteiger partial charge in [0.25, 0.3) is 0 Å². The van der Waals surface area contributed by atoms with E-state index in [-0.39, 0.29) is 29.4 Å². The Morgan fingerprint density at radius 1 is 1.20 bits per heavy atom. The van der Waals surface area contributed by atoms with Gasteiger partial charge in [0, 0.05) is 18.0 Å². The molecule has 0 saturated heterocycles. The van der Waals surface area contributed by atoms with Crippen molar-refractivity contribution in [2.75, 3.05) is 12.4 Å². The third-order valence-electron chi connectivity index (χ3n) is 3.49. The van der Waals surface area contributed by atoms with Crippen LogP contribution in [0.2, 0.25) is 0 Å². The second-order valence-corrected chi connectivity index (χ2v) is 5.63. The molecule has 0 aromatic carbocycles. The third kappa shape index (κ3) is 5.06. The number of carbonyl (C=O) groups is 2. The Balaban J connectivity index is 1.57. The van der Waals surface area contributed by atoms with Crippen LogP contribution in [0.1, 0.15) is 21.8 Å². The number of nitrogens with one attached hydrogen (secondary N) is 1. The van der Waals surface area contributed by atoms with Gasteiger partial charge in [0.15, 0.2) is 0 Å². The Morgan fingerprint density at radius 2 is 2.00 bits per heavy atom. The number of aromatic nitrogens is 4. The molecule has 3 rings (SSSR count). The van der Waals surface area contributed by atoms with Gasteiger partial charge < -0.3 is 14.0 Å². The molecule has 3 aromatic heterocycles. The van der Waals surface area contributed by atoms with Crippen LogP contribution in [-0.2, 0) is 22.3 Å². The van der Waals surface area contributed by atoms with Gasteiger partial charge in [-0.15, -0.1) is 0 Å². The predicted octanol–water partition coefficient (Wildman–Crippen LogP) is 3.08. The van der Waals surface area contributed by atoms with E-state index in [4.69, 9.17) is 4.74 Å². The van der Waals surface area contributed by atoms with E-state index in [1.54, 1.807) is 0 Å². The van der Waals surface area contributed by atoms with E-state index in [0.29, 0.717) is 5.56 Å². The highest BCUT2D eigenvalue weighted by Crippen LogP contribution is 2.29. The molecular formula is C17H12F3N5O5. The quantitative estimate of drug-likeness (QED) is 0.615. The average molecular weight is 423 g/mol. The average Bonchev–Trinajstić information content (AvgIpc) is 3.23. The van der Waals surface area contributed by atoms with E-state index in [1.165, 1.54) is 43.9 Å². The largest absolute Gasteiger partial charge is 0.471 e. The van der Waals surface area contributed by atoms with Crippen LogP contribution in [-0.4, -0.2) is 39.3 Å². The molecule has 0 unspecified atom stereocenters. The molecule has 3 heterocycles. The standard InChI is InChI=1S/C17H12F3N5O5/c1-28-14(26)10-4-9(5-21-6-10)8-29-16(27)23-11-2-3-12(22-7-11)13-24-15(30-25-13)17(18,19)20/h2-7H,8H2,1H3,(H,23,27). The molecule has 0 radical (unpaired) electrons. The highest BCUT2D eigenvalue weighted by molar-refractivity contribution is 5.89. The van der Waals surface area contributed by atoms with Crippen molar-refractivity contribution < 1.29 is 36.8 Å². The first-order valence-electron chi connectivity index (χ1n) is 8.09. The highest BCUT2D eigenvalue weighted by atomic mass is 19.4. The second-order valence-electron chi connectivity index (χ2n) is 5.63. The molecule has 0 aliphatic heterocycles. The van der Waals surface area contributed by atoms with Crippen molar-refractivity contribution in [1.82, 2.24) is 20.1 Å². The summed E-state index contributed by atoms with van der Waals surface area (Å²) in [4.78, 5) is 34.3. The van der Waals surface area contributed by atoms with E-state index in [0.717, 1.165) is 0 Å². The number of ether oxygens (including phenoxy) is 2. The van der Waals surface area contributed by atoms with Crippen molar-refractivity contribution in [1.29, 1.82) is 0 Å². The molecule has 0 spiro atoms. The van der Waals surface area contributed by atoms with Crippen molar-refractivity contribution in [3.8, 4) is 11.5 Å². The summed E-state index contributed by atoms with van der Waals surface area (Å²) in [6.07, 6.45) is -1.69. The highest BCUT2D eigenvalue weighted by Gasteiger charge is 2.38. The predicted molar refractivity (Wildman–Crippen MR) is 91.9 cm³/mol. The second kappa shape index (κ2) is 8.55. The zero-order valence-electron chi connectivity index (χ0n) is 15.1. The normalized spacial score (nSPS) is 11.1. The maximum absolute atomic E-state index is 12.5. The van der Waals surface area contributed by atoms with Crippen LogP contribution in [0.25, 0.3) is 11.5 Å². The molecule has 1 N–H and O–H groups in total. The van der Waals surface area contributed by atoms with Crippen molar-refractivity contribution in [3.63, 3.8) is 0 Å². The molecule has 0 fully saturated rings. The molecule has 3 aromatic rings. The molecule has 0 aliphatic rings. The molecule has 156 valence electrons. The first kappa shape index (κ1) is 20.7. The fraction of sp³-hybridized carbons (Fsp3) is 0.176. The van der Waals surface area contributed by atoms with E-state index in [9.17, 15) is 22.8 Å². The van der Waals surface area contributed by atoms with Crippen LogP contribution in [0.3, 0.4) is 0 Å². The van der Waals surface area contributed by atoms with E-state index in [1.807, 2.05) is 0 Å². The van der Waals surface area contributed by atoms with Gasteiger partial charge in [-0.2, -0.15) is 18.2 Å². The van der Waals surface area contributed by atoms with Crippen LogP contribution in [0.5, 0.6) is 0 Å².